The maximum Gasteiger partial charge on any atom is 0.321 e. The van der Waals surface area contributed by atoms with Crippen molar-refractivity contribution in [2.24, 2.45) is 0 Å². The lowest BCUT2D eigenvalue weighted by Crippen LogP contribution is -2.56. The standard InChI is InChI=1S/C22H34N4O2/c1-17-18(7-6-9-19(17)24-11-4-5-12-24)23-22(28)26-15-13-25(14-16-26)20-8-2-3-10-21(20)27/h6-7,9,20-21,27H,2-5,8,10-16H2,1H3,(H,23,28)/t20-,21-/m1/s1. The molecule has 28 heavy (non-hydrogen) atoms. The molecule has 2 atom stereocenters. The van der Waals surface area contributed by atoms with Crippen molar-refractivity contribution in [2.45, 2.75) is 57.6 Å². The molecule has 6 heteroatoms. The number of rotatable bonds is 3. The Morgan fingerprint density at radius 3 is 2.43 bits per heavy atom. The van der Waals surface area contributed by atoms with Gasteiger partial charge < -0.3 is 20.2 Å². The molecule has 6 nitrogen and oxygen atoms in total. The summed E-state index contributed by atoms with van der Waals surface area (Å²) in [5.74, 6) is 0. The molecule has 0 unspecified atom stereocenters. The van der Waals surface area contributed by atoms with Crippen molar-refractivity contribution < 1.29 is 9.90 Å². The maximum atomic E-state index is 12.8. The van der Waals surface area contributed by atoms with E-state index < -0.39 is 0 Å². The molecule has 3 aliphatic rings. The number of amides is 2. The number of hydrogen-bond donors (Lipinski definition) is 2. The largest absolute Gasteiger partial charge is 0.391 e. The van der Waals surface area contributed by atoms with Crippen molar-refractivity contribution in [3.63, 3.8) is 0 Å². The highest BCUT2D eigenvalue weighted by Crippen LogP contribution is 2.30. The van der Waals surface area contributed by atoms with Crippen molar-refractivity contribution in [2.75, 3.05) is 49.5 Å². The van der Waals surface area contributed by atoms with Crippen molar-refractivity contribution >= 4 is 17.4 Å². The van der Waals surface area contributed by atoms with E-state index in [1.54, 1.807) is 0 Å². The molecule has 2 heterocycles. The van der Waals surface area contributed by atoms with Gasteiger partial charge >= 0.3 is 6.03 Å². The fraction of sp³-hybridized carbons (Fsp3) is 0.682. The minimum atomic E-state index is -0.204. The van der Waals surface area contributed by atoms with Gasteiger partial charge in [0, 0.05) is 56.7 Å². The topological polar surface area (TPSA) is 59.1 Å². The Kier molecular flexibility index (Phi) is 6.07. The number of nitrogens with one attached hydrogen (secondary N) is 1. The van der Waals surface area contributed by atoms with E-state index in [0.29, 0.717) is 0 Å². The van der Waals surface area contributed by atoms with Crippen molar-refractivity contribution in [3.8, 4) is 0 Å². The number of aliphatic hydroxyl groups is 1. The number of nitrogens with zero attached hydrogens (tertiary/aromatic N) is 3. The first-order chi connectivity index (χ1) is 13.6. The van der Waals surface area contributed by atoms with Crippen molar-refractivity contribution in [1.82, 2.24) is 9.80 Å². The second-order valence-corrected chi connectivity index (χ2v) is 8.52. The molecule has 2 saturated heterocycles. The molecule has 1 saturated carbocycles. The number of urea groups is 1. The van der Waals surface area contributed by atoms with Crippen LogP contribution < -0.4 is 10.2 Å². The molecule has 4 rings (SSSR count). The highest BCUT2D eigenvalue weighted by Gasteiger charge is 2.32. The van der Waals surface area contributed by atoms with E-state index in [9.17, 15) is 9.90 Å². The summed E-state index contributed by atoms with van der Waals surface area (Å²) in [6, 6.07) is 6.47. The van der Waals surface area contributed by atoms with E-state index >= 15 is 0 Å². The summed E-state index contributed by atoms with van der Waals surface area (Å²) >= 11 is 0. The minimum absolute atomic E-state index is 0.00878. The van der Waals surface area contributed by atoms with Crippen molar-refractivity contribution in [3.05, 3.63) is 23.8 Å². The van der Waals surface area contributed by atoms with Gasteiger partial charge in [0.05, 0.1) is 6.10 Å². The number of anilines is 2. The fourth-order valence-electron chi connectivity index (χ4n) is 5.03. The van der Waals surface area contributed by atoms with Gasteiger partial charge in [-0.25, -0.2) is 4.79 Å². The van der Waals surface area contributed by atoms with Crippen LogP contribution in [0.2, 0.25) is 0 Å². The average Bonchev–Trinajstić information content (AvgIpc) is 3.25. The van der Waals surface area contributed by atoms with E-state index in [0.717, 1.165) is 69.8 Å². The van der Waals surface area contributed by atoms with Crippen molar-refractivity contribution in [1.29, 1.82) is 0 Å². The fourth-order valence-corrected chi connectivity index (χ4v) is 5.03. The molecule has 0 bridgehead atoms. The molecule has 154 valence electrons. The first-order valence-electron chi connectivity index (χ1n) is 11.0. The van der Waals surface area contributed by atoms with Crippen LogP contribution in [0.3, 0.4) is 0 Å². The lowest BCUT2D eigenvalue weighted by molar-refractivity contribution is 0.00275. The van der Waals surface area contributed by atoms with Gasteiger partial charge in [-0.15, -0.1) is 0 Å². The Morgan fingerprint density at radius 1 is 1.00 bits per heavy atom. The molecule has 0 radical (unpaired) electrons. The Labute approximate surface area is 168 Å². The third-order valence-electron chi connectivity index (χ3n) is 6.76. The van der Waals surface area contributed by atoms with Crippen LogP contribution in [0.4, 0.5) is 16.2 Å². The maximum absolute atomic E-state index is 12.8. The molecule has 3 fully saturated rings. The zero-order valence-corrected chi connectivity index (χ0v) is 17.1. The van der Waals surface area contributed by atoms with Crippen LogP contribution in [0.5, 0.6) is 0 Å². The molecule has 0 aromatic heterocycles. The van der Waals surface area contributed by atoms with Crippen LogP contribution in [0.15, 0.2) is 18.2 Å². The quantitative estimate of drug-likeness (QED) is 0.838. The molecular formula is C22H34N4O2. The molecule has 2 N–H and O–H groups in total. The smallest absolute Gasteiger partial charge is 0.321 e. The third kappa shape index (κ3) is 4.13. The van der Waals surface area contributed by atoms with E-state index in [1.165, 1.54) is 24.9 Å². The zero-order chi connectivity index (χ0) is 19.5. The second kappa shape index (κ2) is 8.70. The zero-order valence-electron chi connectivity index (χ0n) is 17.1. The monoisotopic (exact) mass is 386 g/mol. The molecule has 1 aromatic rings. The molecule has 0 spiro atoms. The summed E-state index contributed by atoms with van der Waals surface area (Å²) in [4.78, 5) is 19.5. The lowest BCUT2D eigenvalue weighted by Gasteiger charge is -2.42. The summed E-state index contributed by atoms with van der Waals surface area (Å²) < 4.78 is 0. The van der Waals surface area contributed by atoms with Crippen LogP contribution >= 0.6 is 0 Å². The number of aliphatic hydroxyl groups excluding tert-OH is 1. The van der Waals surface area contributed by atoms with Gasteiger partial charge in [-0.05, 0) is 50.3 Å². The third-order valence-corrected chi connectivity index (χ3v) is 6.76. The number of carbonyl (C=O) groups excluding carboxylic acids is 1. The van der Waals surface area contributed by atoms with Gasteiger partial charge in [0.25, 0.3) is 0 Å². The summed E-state index contributed by atoms with van der Waals surface area (Å²) in [6.07, 6.45) is 6.62. The predicted molar refractivity (Wildman–Crippen MR) is 113 cm³/mol. The highest BCUT2D eigenvalue weighted by molar-refractivity contribution is 5.91. The van der Waals surface area contributed by atoms with E-state index in [2.05, 4.69) is 28.1 Å². The van der Waals surface area contributed by atoms with Crippen LogP contribution in [-0.4, -0.2) is 72.4 Å². The number of hydrogen-bond acceptors (Lipinski definition) is 4. The normalized spacial score (nSPS) is 26.5. The molecule has 2 amide bonds. The average molecular weight is 387 g/mol. The predicted octanol–water partition coefficient (Wildman–Crippen LogP) is 3.05. The van der Waals surface area contributed by atoms with Gasteiger partial charge in [-0.3, -0.25) is 4.90 Å². The Bertz CT molecular complexity index is 681. The SMILES string of the molecule is Cc1c(NC(=O)N2CCN([C@@H]3CCCC[C@H]3O)CC2)cccc1N1CCCC1. The Hall–Kier alpha value is -1.79. The van der Waals surface area contributed by atoms with Gasteiger partial charge in [-0.2, -0.15) is 0 Å². The van der Waals surface area contributed by atoms with Crippen LogP contribution in [0.25, 0.3) is 0 Å². The Morgan fingerprint density at radius 2 is 1.71 bits per heavy atom. The summed E-state index contributed by atoms with van der Waals surface area (Å²) in [5.41, 5.74) is 3.31. The number of carbonyl (C=O) groups is 1. The van der Waals surface area contributed by atoms with Crippen LogP contribution in [0.1, 0.15) is 44.1 Å². The number of benzene rings is 1. The van der Waals surface area contributed by atoms with Crippen LogP contribution in [0, 0.1) is 6.92 Å². The second-order valence-electron chi connectivity index (χ2n) is 8.52. The number of piperazine rings is 1. The summed E-state index contributed by atoms with van der Waals surface area (Å²) in [6.45, 7) is 7.45. The van der Waals surface area contributed by atoms with Gasteiger partial charge in [0.2, 0.25) is 0 Å². The first-order valence-corrected chi connectivity index (χ1v) is 11.0. The van der Waals surface area contributed by atoms with E-state index in [4.69, 9.17) is 0 Å². The molecular weight excluding hydrogens is 352 g/mol. The lowest BCUT2D eigenvalue weighted by atomic mass is 9.91. The minimum Gasteiger partial charge on any atom is -0.391 e. The van der Waals surface area contributed by atoms with Gasteiger partial charge in [-0.1, -0.05) is 18.9 Å². The molecule has 2 aliphatic heterocycles. The van der Waals surface area contributed by atoms with E-state index in [-0.39, 0.29) is 18.2 Å². The molecule has 1 aliphatic carbocycles. The summed E-state index contributed by atoms with van der Waals surface area (Å²) in [7, 11) is 0. The first kappa shape index (κ1) is 19.5. The van der Waals surface area contributed by atoms with Gasteiger partial charge in [0.15, 0.2) is 0 Å². The van der Waals surface area contributed by atoms with E-state index in [1.807, 2.05) is 17.0 Å². The van der Waals surface area contributed by atoms with Gasteiger partial charge in [0.1, 0.15) is 0 Å². The highest BCUT2D eigenvalue weighted by atomic mass is 16.3. The summed E-state index contributed by atoms with van der Waals surface area (Å²) in [5, 5.41) is 13.4. The Balaban J connectivity index is 1.34. The van der Waals surface area contributed by atoms with Crippen LogP contribution in [-0.2, 0) is 0 Å². The molecule has 1 aromatic carbocycles.